The van der Waals surface area contributed by atoms with Crippen LogP contribution in [0.25, 0.3) is 16.2 Å². The SMILES string of the molecule is Cc1nc2sc(C(C)(C)O)nn2c1-c1ccc(C(F)(F)F)c(S(=O)(=O)NC(C)(C)CO)c1. The number of halogens is 3. The van der Waals surface area contributed by atoms with Crippen LogP contribution >= 0.6 is 11.3 Å². The number of aliphatic hydroxyl groups excluding tert-OH is 1. The summed E-state index contributed by atoms with van der Waals surface area (Å²) in [7, 11) is -4.66. The van der Waals surface area contributed by atoms with Crippen LogP contribution in [0.2, 0.25) is 0 Å². The van der Waals surface area contributed by atoms with E-state index in [-0.39, 0.29) is 5.56 Å². The van der Waals surface area contributed by atoms with Gasteiger partial charge in [-0.05, 0) is 46.8 Å². The van der Waals surface area contributed by atoms with Crippen molar-refractivity contribution in [2.24, 2.45) is 0 Å². The molecular formula is C19H23F3N4O4S2. The number of benzene rings is 1. The fourth-order valence-electron chi connectivity index (χ4n) is 3.00. The largest absolute Gasteiger partial charge is 0.417 e. The van der Waals surface area contributed by atoms with Gasteiger partial charge in [0.25, 0.3) is 0 Å². The lowest BCUT2D eigenvalue weighted by Crippen LogP contribution is -2.46. The number of alkyl halides is 3. The van der Waals surface area contributed by atoms with Crippen molar-refractivity contribution >= 4 is 26.3 Å². The Hall–Kier alpha value is -2.06. The Morgan fingerprint density at radius 1 is 1.19 bits per heavy atom. The van der Waals surface area contributed by atoms with Crippen LogP contribution in [0.15, 0.2) is 23.1 Å². The van der Waals surface area contributed by atoms with Crippen molar-refractivity contribution in [3.8, 4) is 11.3 Å². The van der Waals surface area contributed by atoms with Crippen molar-refractivity contribution in [2.75, 3.05) is 6.61 Å². The van der Waals surface area contributed by atoms with Crippen LogP contribution in [0, 0.1) is 6.92 Å². The van der Waals surface area contributed by atoms with Crippen molar-refractivity contribution in [3.05, 3.63) is 34.5 Å². The van der Waals surface area contributed by atoms with Gasteiger partial charge in [0.15, 0.2) is 0 Å². The van der Waals surface area contributed by atoms with Crippen molar-refractivity contribution in [3.63, 3.8) is 0 Å². The van der Waals surface area contributed by atoms with Gasteiger partial charge in [-0.15, -0.1) is 0 Å². The zero-order valence-electron chi connectivity index (χ0n) is 17.9. The predicted molar refractivity (Wildman–Crippen MR) is 113 cm³/mol. The second-order valence-electron chi connectivity index (χ2n) is 8.56. The van der Waals surface area contributed by atoms with Crippen molar-refractivity contribution in [2.45, 2.75) is 56.8 Å². The van der Waals surface area contributed by atoms with E-state index < -0.39 is 44.4 Å². The molecule has 0 saturated heterocycles. The molecular weight excluding hydrogens is 469 g/mol. The Balaban J connectivity index is 2.26. The van der Waals surface area contributed by atoms with Crippen LogP contribution < -0.4 is 4.72 Å². The smallest absolute Gasteiger partial charge is 0.394 e. The van der Waals surface area contributed by atoms with Crippen molar-refractivity contribution < 1.29 is 31.8 Å². The highest BCUT2D eigenvalue weighted by molar-refractivity contribution is 7.89. The molecule has 1 aromatic carbocycles. The second-order valence-corrected chi connectivity index (χ2v) is 11.2. The third-order valence-electron chi connectivity index (χ3n) is 4.56. The summed E-state index contributed by atoms with van der Waals surface area (Å²) in [5.41, 5.74) is -3.09. The number of rotatable bonds is 6. The highest BCUT2D eigenvalue weighted by Crippen LogP contribution is 2.38. The molecule has 0 bridgehead atoms. The van der Waals surface area contributed by atoms with Gasteiger partial charge in [-0.3, -0.25) is 0 Å². The molecule has 32 heavy (non-hydrogen) atoms. The highest BCUT2D eigenvalue weighted by atomic mass is 32.2. The van der Waals surface area contributed by atoms with Gasteiger partial charge < -0.3 is 10.2 Å². The molecule has 176 valence electrons. The van der Waals surface area contributed by atoms with Crippen LogP contribution in [0.4, 0.5) is 13.2 Å². The van der Waals surface area contributed by atoms with Gasteiger partial charge in [0.2, 0.25) is 15.0 Å². The standard InChI is InChI=1S/C19H23F3N4O4S2/c1-10-14(26-16(23-10)31-15(24-26)18(4,5)28)11-6-7-12(19(20,21)22)13(8-11)32(29,30)25-17(2,3)9-27/h6-8,25,27-28H,9H2,1-5H3. The Kier molecular flexibility index (Phi) is 5.96. The number of aromatic nitrogens is 3. The summed E-state index contributed by atoms with van der Waals surface area (Å²) in [4.78, 5) is 3.77. The van der Waals surface area contributed by atoms with Gasteiger partial charge in [-0.25, -0.2) is 22.6 Å². The topological polar surface area (TPSA) is 117 Å². The van der Waals surface area contributed by atoms with Crippen LogP contribution in [-0.4, -0.2) is 45.4 Å². The zero-order chi connectivity index (χ0) is 24.3. The summed E-state index contributed by atoms with van der Waals surface area (Å²) in [6.45, 7) is 6.78. The molecule has 3 rings (SSSR count). The number of nitrogens with one attached hydrogen (secondary N) is 1. The molecule has 0 aliphatic rings. The van der Waals surface area contributed by atoms with Crippen LogP contribution in [0.3, 0.4) is 0 Å². The monoisotopic (exact) mass is 492 g/mol. The van der Waals surface area contributed by atoms with Crippen molar-refractivity contribution in [1.82, 2.24) is 19.3 Å². The highest BCUT2D eigenvalue weighted by Gasteiger charge is 2.39. The first-order valence-corrected chi connectivity index (χ1v) is 11.7. The molecule has 8 nitrogen and oxygen atoms in total. The number of hydrogen-bond donors (Lipinski definition) is 3. The van der Waals surface area contributed by atoms with Gasteiger partial charge in [-0.1, -0.05) is 17.4 Å². The maximum Gasteiger partial charge on any atom is 0.417 e. The van der Waals surface area contributed by atoms with Crippen LogP contribution in [0.1, 0.15) is 44.0 Å². The third kappa shape index (κ3) is 4.66. The maximum atomic E-state index is 13.6. The Labute approximate surface area is 186 Å². The van der Waals surface area contributed by atoms with E-state index in [0.29, 0.717) is 27.4 Å². The lowest BCUT2D eigenvalue weighted by Gasteiger charge is -2.24. The van der Waals surface area contributed by atoms with E-state index in [4.69, 9.17) is 0 Å². The molecule has 0 spiro atoms. The minimum atomic E-state index is -4.93. The van der Waals surface area contributed by atoms with E-state index in [2.05, 4.69) is 14.8 Å². The van der Waals surface area contributed by atoms with Gasteiger partial charge in [-0.2, -0.15) is 18.3 Å². The van der Waals surface area contributed by atoms with E-state index in [1.54, 1.807) is 6.92 Å². The molecule has 2 aromatic heterocycles. The molecule has 0 aliphatic heterocycles. The third-order valence-corrected chi connectivity index (χ3v) is 7.52. The Morgan fingerprint density at radius 3 is 2.34 bits per heavy atom. The molecule has 2 heterocycles. The molecule has 0 amide bonds. The number of imidazole rings is 1. The molecule has 3 N–H and O–H groups in total. The first-order valence-electron chi connectivity index (χ1n) is 9.42. The zero-order valence-corrected chi connectivity index (χ0v) is 19.6. The lowest BCUT2D eigenvalue weighted by molar-refractivity contribution is -0.139. The lowest BCUT2D eigenvalue weighted by atomic mass is 10.1. The number of hydrogen-bond acceptors (Lipinski definition) is 7. The number of aryl methyl sites for hydroxylation is 1. The summed E-state index contributed by atoms with van der Waals surface area (Å²) < 4.78 is 70.2. The van der Waals surface area contributed by atoms with E-state index in [1.807, 2.05) is 0 Å². The fraction of sp³-hybridized carbons (Fsp3) is 0.474. The minimum absolute atomic E-state index is 0.151. The summed E-state index contributed by atoms with van der Waals surface area (Å²) in [6.07, 6.45) is -4.93. The molecule has 3 aromatic rings. The number of fused-ring (bicyclic) bond motifs is 1. The van der Waals surface area contributed by atoms with Gasteiger partial charge in [0, 0.05) is 5.56 Å². The number of sulfonamides is 1. The summed E-state index contributed by atoms with van der Waals surface area (Å²) in [6, 6.07) is 2.76. The van der Waals surface area contributed by atoms with E-state index in [9.17, 15) is 31.8 Å². The molecule has 0 fully saturated rings. The van der Waals surface area contributed by atoms with E-state index >= 15 is 0 Å². The normalized spacial score (nSPS) is 13.8. The molecule has 13 heteroatoms. The summed E-state index contributed by atoms with van der Waals surface area (Å²) in [5.74, 6) is 0. The second kappa shape index (κ2) is 7.76. The predicted octanol–water partition coefficient (Wildman–Crippen LogP) is 3.06. The van der Waals surface area contributed by atoms with E-state index in [0.717, 1.165) is 23.5 Å². The summed E-state index contributed by atoms with van der Waals surface area (Å²) >= 11 is 1.11. The van der Waals surface area contributed by atoms with Crippen LogP contribution in [0.5, 0.6) is 0 Å². The van der Waals surface area contributed by atoms with Gasteiger partial charge in [0.1, 0.15) is 10.6 Å². The molecule has 0 radical (unpaired) electrons. The molecule has 0 saturated carbocycles. The van der Waals surface area contributed by atoms with Crippen LogP contribution in [-0.2, 0) is 21.8 Å². The average Bonchev–Trinajstić information content (AvgIpc) is 3.16. The van der Waals surface area contributed by atoms with Gasteiger partial charge >= 0.3 is 6.18 Å². The fourth-order valence-corrected chi connectivity index (χ4v) is 5.61. The first-order chi connectivity index (χ1) is 14.5. The molecule has 0 unspecified atom stereocenters. The average molecular weight is 493 g/mol. The molecule has 0 aliphatic carbocycles. The van der Waals surface area contributed by atoms with Gasteiger partial charge in [0.05, 0.1) is 34.0 Å². The minimum Gasteiger partial charge on any atom is -0.394 e. The number of aliphatic hydroxyl groups is 2. The molecule has 0 atom stereocenters. The quantitative estimate of drug-likeness (QED) is 0.487. The maximum absolute atomic E-state index is 13.6. The Morgan fingerprint density at radius 2 is 1.81 bits per heavy atom. The summed E-state index contributed by atoms with van der Waals surface area (Å²) in [5, 5.41) is 24.3. The Bertz CT molecular complexity index is 1270. The first kappa shape index (κ1) is 24.6. The number of nitrogens with zero attached hydrogens (tertiary/aromatic N) is 3. The van der Waals surface area contributed by atoms with Crippen molar-refractivity contribution in [1.29, 1.82) is 0 Å². The van der Waals surface area contributed by atoms with E-state index in [1.165, 1.54) is 32.2 Å².